The molecule has 0 saturated heterocycles. The number of nitrogens with zero attached hydrogens (tertiary/aromatic N) is 3. The number of carbonyl (C=O) groups is 1. The monoisotopic (exact) mass is 466 g/mol. The summed E-state index contributed by atoms with van der Waals surface area (Å²) in [4.78, 5) is 20.8. The van der Waals surface area contributed by atoms with Crippen LogP contribution in [0.25, 0.3) is 10.2 Å². The number of aromatic nitrogens is 1. The fraction of sp³-hybridized carbons (Fsp3) is 0.364. The first-order chi connectivity index (χ1) is 15.2. The maximum atomic E-state index is 12.9. The minimum absolute atomic E-state index is 0.286. The van der Waals surface area contributed by atoms with E-state index in [0.717, 1.165) is 24.2 Å². The van der Waals surface area contributed by atoms with Crippen LogP contribution < -0.4 is 15.0 Å². The second kappa shape index (κ2) is 10.6. The molecule has 0 unspecified atom stereocenters. The number of amides is 2. The van der Waals surface area contributed by atoms with Gasteiger partial charge < -0.3 is 15.0 Å². The molecule has 3 rings (SSSR count). The molecule has 0 saturated carbocycles. The van der Waals surface area contributed by atoms with Gasteiger partial charge in [-0.2, -0.15) is 0 Å². The van der Waals surface area contributed by atoms with Crippen molar-refractivity contribution in [2.24, 2.45) is 0 Å². The molecule has 0 fully saturated rings. The topological polar surface area (TPSA) is 57.7 Å². The molecule has 0 aliphatic rings. The van der Waals surface area contributed by atoms with E-state index in [9.17, 15) is 18.0 Å². The number of thiazole rings is 1. The molecule has 10 heteroatoms. The average Bonchev–Trinajstić information content (AvgIpc) is 3.13. The molecule has 2 amide bonds. The minimum Gasteiger partial charge on any atom is -0.406 e. The van der Waals surface area contributed by atoms with Gasteiger partial charge in [-0.25, -0.2) is 9.78 Å². The molecule has 1 aromatic heterocycles. The summed E-state index contributed by atoms with van der Waals surface area (Å²) in [6, 6.07) is 13.7. The summed E-state index contributed by atoms with van der Waals surface area (Å²) in [6.07, 6.45) is -3.13. The second-order valence-corrected chi connectivity index (χ2v) is 8.46. The van der Waals surface area contributed by atoms with E-state index in [4.69, 9.17) is 0 Å². The number of anilines is 1. The van der Waals surface area contributed by atoms with E-state index in [1.807, 2.05) is 49.3 Å². The normalized spacial score (nSPS) is 11.7. The number of carbonyl (C=O) groups excluding carboxylic acids is 1. The largest absolute Gasteiger partial charge is 0.573 e. The number of fused-ring (bicyclic) bond motifs is 1. The number of likely N-dealkylation sites (N-methyl/N-ethyl adjacent to an activating group) is 1. The molecule has 0 bridgehead atoms. The van der Waals surface area contributed by atoms with Gasteiger partial charge in [0.25, 0.3) is 0 Å². The lowest BCUT2D eigenvalue weighted by atomic mass is 10.1. The van der Waals surface area contributed by atoms with E-state index in [0.29, 0.717) is 35.0 Å². The molecule has 6 nitrogen and oxygen atoms in total. The summed E-state index contributed by atoms with van der Waals surface area (Å²) >= 11 is 1.15. The first kappa shape index (κ1) is 23.8. The summed E-state index contributed by atoms with van der Waals surface area (Å²) in [6.45, 7) is 1.50. The van der Waals surface area contributed by atoms with Gasteiger partial charge >= 0.3 is 12.4 Å². The third-order valence-corrected chi connectivity index (χ3v) is 5.63. The van der Waals surface area contributed by atoms with Gasteiger partial charge in [0, 0.05) is 25.7 Å². The Morgan fingerprint density at radius 3 is 2.56 bits per heavy atom. The number of ether oxygens (including phenoxy) is 1. The molecular weight excluding hydrogens is 441 g/mol. The number of hydrogen-bond acceptors (Lipinski definition) is 5. The molecule has 0 radical (unpaired) electrons. The van der Waals surface area contributed by atoms with Crippen molar-refractivity contribution in [3.05, 3.63) is 54.1 Å². The van der Waals surface area contributed by atoms with Gasteiger partial charge in [0.05, 0.1) is 10.2 Å². The van der Waals surface area contributed by atoms with Crippen molar-refractivity contribution in [2.45, 2.75) is 19.2 Å². The summed E-state index contributed by atoms with van der Waals surface area (Å²) in [5.74, 6) is -0.314. The van der Waals surface area contributed by atoms with Crippen molar-refractivity contribution in [1.82, 2.24) is 15.2 Å². The predicted octanol–water partition coefficient (Wildman–Crippen LogP) is 4.91. The Kier molecular flexibility index (Phi) is 7.92. The predicted molar refractivity (Wildman–Crippen MR) is 120 cm³/mol. The summed E-state index contributed by atoms with van der Waals surface area (Å²) < 4.78 is 42.0. The highest BCUT2D eigenvalue weighted by molar-refractivity contribution is 7.22. The van der Waals surface area contributed by atoms with Gasteiger partial charge in [-0.15, -0.1) is 13.2 Å². The zero-order valence-corrected chi connectivity index (χ0v) is 18.7. The highest BCUT2D eigenvalue weighted by Crippen LogP contribution is 2.33. The lowest BCUT2D eigenvalue weighted by molar-refractivity contribution is -0.274. The fourth-order valence-corrected chi connectivity index (χ4v) is 4.04. The Morgan fingerprint density at radius 2 is 1.88 bits per heavy atom. The molecule has 0 aliphatic carbocycles. The van der Waals surface area contributed by atoms with Crippen molar-refractivity contribution in [3.63, 3.8) is 0 Å². The zero-order chi connectivity index (χ0) is 23.1. The number of benzene rings is 2. The lowest BCUT2D eigenvalue weighted by Gasteiger charge is -2.22. The molecule has 0 aliphatic heterocycles. The highest BCUT2D eigenvalue weighted by atomic mass is 32.1. The molecule has 1 heterocycles. The summed E-state index contributed by atoms with van der Waals surface area (Å²) in [7, 11) is 3.80. The SMILES string of the molecule is CN(C)CCN(C(=O)NCCCc1ccccc1)c1nc2ccc(OC(F)(F)F)cc2s1. The van der Waals surface area contributed by atoms with E-state index < -0.39 is 6.36 Å². The van der Waals surface area contributed by atoms with Crippen molar-refractivity contribution in [1.29, 1.82) is 0 Å². The van der Waals surface area contributed by atoms with E-state index in [1.54, 1.807) is 0 Å². The van der Waals surface area contributed by atoms with Gasteiger partial charge in [-0.1, -0.05) is 41.7 Å². The van der Waals surface area contributed by atoms with E-state index in [1.165, 1.54) is 28.7 Å². The zero-order valence-electron chi connectivity index (χ0n) is 17.9. The van der Waals surface area contributed by atoms with Crippen molar-refractivity contribution in [2.75, 3.05) is 38.6 Å². The van der Waals surface area contributed by atoms with Gasteiger partial charge in [0.2, 0.25) is 0 Å². The highest BCUT2D eigenvalue weighted by Gasteiger charge is 2.31. The molecule has 3 aromatic rings. The number of alkyl halides is 3. The standard InChI is InChI=1S/C22H25F3N4O2S/c1-28(2)13-14-29(20(30)26-12-6-9-16-7-4-3-5-8-16)21-27-18-11-10-17(15-19(18)32-21)31-22(23,24)25/h3-5,7-8,10-11,15H,6,9,12-14H2,1-2H3,(H,26,30). The van der Waals surface area contributed by atoms with Crippen LogP contribution in [0.5, 0.6) is 5.75 Å². The van der Waals surface area contributed by atoms with Crippen LogP contribution in [0.15, 0.2) is 48.5 Å². The smallest absolute Gasteiger partial charge is 0.406 e. The Bertz CT molecular complexity index is 1020. The molecule has 1 N–H and O–H groups in total. The number of nitrogens with one attached hydrogen (secondary N) is 1. The maximum Gasteiger partial charge on any atom is 0.573 e. The van der Waals surface area contributed by atoms with Crippen molar-refractivity contribution in [3.8, 4) is 5.75 Å². The molecule has 0 spiro atoms. The first-order valence-corrected chi connectivity index (χ1v) is 10.9. The fourth-order valence-electron chi connectivity index (χ4n) is 3.02. The lowest BCUT2D eigenvalue weighted by Crippen LogP contribution is -2.43. The molecule has 0 atom stereocenters. The van der Waals surface area contributed by atoms with E-state index in [-0.39, 0.29) is 11.8 Å². The number of urea groups is 1. The van der Waals surface area contributed by atoms with E-state index >= 15 is 0 Å². The minimum atomic E-state index is -4.77. The van der Waals surface area contributed by atoms with Crippen LogP contribution in [0.4, 0.5) is 23.1 Å². The maximum absolute atomic E-state index is 12.9. The van der Waals surface area contributed by atoms with Crippen LogP contribution in [0.2, 0.25) is 0 Å². The third-order valence-electron chi connectivity index (χ3n) is 4.59. The van der Waals surface area contributed by atoms with Crippen LogP contribution >= 0.6 is 11.3 Å². The average molecular weight is 467 g/mol. The molecule has 32 heavy (non-hydrogen) atoms. The van der Waals surface area contributed by atoms with Crippen LogP contribution in [-0.4, -0.2) is 56.0 Å². The molecule has 2 aromatic carbocycles. The summed E-state index contributed by atoms with van der Waals surface area (Å²) in [5.41, 5.74) is 1.71. The number of aryl methyl sites for hydroxylation is 1. The van der Waals surface area contributed by atoms with Crippen LogP contribution in [0.1, 0.15) is 12.0 Å². The number of hydrogen-bond donors (Lipinski definition) is 1. The van der Waals surface area contributed by atoms with Gasteiger partial charge in [-0.05, 0) is 44.6 Å². The van der Waals surface area contributed by atoms with E-state index in [2.05, 4.69) is 15.0 Å². The quantitative estimate of drug-likeness (QED) is 0.456. The summed E-state index contributed by atoms with van der Waals surface area (Å²) in [5, 5.41) is 3.35. The Morgan fingerprint density at radius 1 is 1.12 bits per heavy atom. The second-order valence-electron chi connectivity index (χ2n) is 7.45. The Balaban J connectivity index is 1.69. The van der Waals surface area contributed by atoms with Gasteiger partial charge in [-0.3, -0.25) is 4.90 Å². The van der Waals surface area contributed by atoms with Crippen LogP contribution in [0, 0.1) is 0 Å². The van der Waals surface area contributed by atoms with Gasteiger partial charge in [0.15, 0.2) is 5.13 Å². The van der Waals surface area contributed by atoms with Crippen molar-refractivity contribution < 1.29 is 22.7 Å². The third kappa shape index (κ3) is 7.10. The first-order valence-electron chi connectivity index (χ1n) is 10.1. The van der Waals surface area contributed by atoms with Crippen molar-refractivity contribution >= 4 is 32.7 Å². The Hall–Kier alpha value is -2.85. The van der Waals surface area contributed by atoms with Gasteiger partial charge in [0.1, 0.15) is 5.75 Å². The van der Waals surface area contributed by atoms with Crippen LogP contribution in [-0.2, 0) is 6.42 Å². The number of halogens is 3. The number of rotatable bonds is 9. The Labute approximate surface area is 188 Å². The van der Waals surface area contributed by atoms with Crippen LogP contribution in [0.3, 0.4) is 0 Å². The molecule has 172 valence electrons. The molecular formula is C22H25F3N4O2S.